The van der Waals surface area contributed by atoms with Crippen molar-refractivity contribution in [3.8, 4) is 0 Å². The Hall–Kier alpha value is -1.10. The van der Waals surface area contributed by atoms with E-state index in [9.17, 15) is 9.59 Å². The zero-order valence-electron chi connectivity index (χ0n) is 12.2. The number of rotatable bonds is 6. The molecule has 0 saturated carbocycles. The first kappa shape index (κ1) is 16.0. The van der Waals surface area contributed by atoms with Crippen LogP contribution in [0.1, 0.15) is 40.0 Å². The number of hydrogen-bond acceptors (Lipinski definition) is 5. The number of ether oxygens (including phenoxy) is 2. The lowest BCUT2D eigenvalue weighted by Gasteiger charge is -2.36. The maximum absolute atomic E-state index is 11.8. The number of likely N-dealkylation sites (tertiary alicyclic amines) is 1. The van der Waals surface area contributed by atoms with Crippen molar-refractivity contribution in [2.75, 3.05) is 26.3 Å². The predicted molar refractivity (Wildman–Crippen MR) is 71.6 cm³/mol. The fourth-order valence-corrected chi connectivity index (χ4v) is 2.41. The summed E-state index contributed by atoms with van der Waals surface area (Å²) in [5, 5.41) is 0. The first-order valence-corrected chi connectivity index (χ1v) is 7.14. The number of carbonyl (C=O) groups is 2. The molecule has 0 unspecified atom stereocenters. The lowest BCUT2D eigenvalue weighted by atomic mass is 9.93. The van der Waals surface area contributed by atoms with Crippen LogP contribution >= 0.6 is 0 Å². The molecule has 0 amide bonds. The third-order valence-corrected chi connectivity index (χ3v) is 3.54. The van der Waals surface area contributed by atoms with Gasteiger partial charge in [-0.3, -0.25) is 14.5 Å². The average molecular weight is 271 g/mol. The van der Waals surface area contributed by atoms with Gasteiger partial charge in [-0.05, 0) is 33.6 Å². The van der Waals surface area contributed by atoms with Gasteiger partial charge in [0.25, 0.3) is 0 Å². The highest BCUT2D eigenvalue weighted by molar-refractivity contribution is 5.73. The second kappa shape index (κ2) is 8.15. The van der Waals surface area contributed by atoms with Crippen molar-refractivity contribution in [2.24, 2.45) is 5.92 Å². The molecule has 0 radical (unpaired) electrons. The summed E-state index contributed by atoms with van der Waals surface area (Å²) in [4.78, 5) is 25.3. The van der Waals surface area contributed by atoms with Crippen LogP contribution in [0.4, 0.5) is 0 Å². The third-order valence-electron chi connectivity index (χ3n) is 3.54. The van der Waals surface area contributed by atoms with Gasteiger partial charge in [-0.2, -0.15) is 0 Å². The van der Waals surface area contributed by atoms with Gasteiger partial charge in [0.15, 0.2) is 0 Å². The molecule has 1 heterocycles. The Morgan fingerprint density at radius 2 is 1.84 bits per heavy atom. The van der Waals surface area contributed by atoms with Crippen LogP contribution in [0.15, 0.2) is 0 Å². The molecule has 2 atom stereocenters. The van der Waals surface area contributed by atoms with Crippen LogP contribution in [-0.2, 0) is 19.1 Å². The second-order valence-corrected chi connectivity index (χ2v) is 4.93. The van der Waals surface area contributed by atoms with Gasteiger partial charge in [0.2, 0.25) is 0 Å². The summed E-state index contributed by atoms with van der Waals surface area (Å²) in [6.07, 6.45) is 2.22. The minimum absolute atomic E-state index is 0.0571. The van der Waals surface area contributed by atoms with E-state index < -0.39 is 0 Å². The molecule has 5 heteroatoms. The van der Waals surface area contributed by atoms with Crippen molar-refractivity contribution in [1.82, 2.24) is 4.90 Å². The Morgan fingerprint density at radius 1 is 1.16 bits per heavy atom. The van der Waals surface area contributed by atoms with Crippen LogP contribution in [0.2, 0.25) is 0 Å². The first-order chi connectivity index (χ1) is 9.08. The van der Waals surface area contributed by atoms with E-state index in [-0.39, 0.29) is 17.9 Å². The Labute approximate surface area is 115 Å². The Kier molecular flexibility index (Phi) is 6.84. The zero-order chi connectivity index (χ0) is 14.3. The Balaban J connectivity index is 2.42. The Morgan fingerprint density at radius 3 is 2.47 bits per heavy atom. The van der Waals surface area contributed by atoms with Crippen molar-refractivity contribution in [2.45, 2.75) is 46.1 Å². The number of carbonyl (C=O) groups excluding carboxylic acids is 2. The zero-order valence-corrected chi connectivity index (χ0v) is 12.2. The summed E-state index contributed by atoms with van der Waals surface area (Å²) in [5.41, 5.74) is 0. The van der Waals surface area contributed by atoms with Crippen molar-refractivity contribution in [3.63, 3.8) is 0 Å². The van der Waals surface area contributed by atoms with Crippen LogP contribution in [0.25, 0.3) is 0 Å². The molecule has 0 bridgehead atoms. The van der Waals surface area contributed by atoms with Crippen molar-refractivity contribution < 1.29 is 19.1 Å². The van der Waals surface area contributed by atoms with Crippen molar-refractivity contribution in [3.05, 3.63) is 0 Å². The van der Waals surface area contributed by atoms with Gasteiger partial charge >= 0.3 is 11.9 Å². The van der Waals surface area contributed by atoms with E-state index in [0.29, 0.717) is 38.8 Å². The maximum atomic E-state index is 11.8. The number of piperidine rings is 1. The predicted octanol–water partition coefficient (Wildman–Crippen LogP) is 1.60. The molecule has 0 N–H and O–H groups in total. The molecule has 1 aliphatic heterocycles. The fourth-order valence-electron chi connectivity index (χ4n) is 2.41. The van der Waals surface area contributed by atoms with Gasteiger partial charge in [0.05, 0.1) is 25.6 Å². The molecule has 5 nitrogen and oxygen atoms in total. The van der Waals surface area contributed by atoms with Crippen molar-refractivity contribution >= 4 is 11.9 Å². The van der Waals surface area contributed by atoms with Gasteiger partial charge in [-0.25, -0.2) is 0 Å². The molecule has 0 spiro atoms. The summed E-state index contributed by atoms with van der Waals surface area (Å²) in [7, 11) is 0. The van der Waals surface area contributed by atoms with Gasteiger partial charge in [-0.1, -0.05) is 0 Å². The molecule has 19 heavy (non-hydrogen) atoms. The summed E-state index contributed by atoms with van der Waals surface area (Å²) >= 11 is 0. The van der Waals surface area contributed by atoms with Gasteiger partial charge in [0.1, 0.15) is 0 Å². The van der Waals surface area contributed by atoms with Crippen LogP contribution in [0.3, 0.4) is 0 Å². The number of nitrogens with zero attached hydrogens (tertiary/aromatic N) is 1. The molecule has 1 rings (SSSR count). The lowest BCUT2D eigenvalue weighted by molar-refractivity contribution is -0.150. The highest BCUT2D eigenvalue weighted by Crippen LogP contribution is 2.23. The molecule has 0 aromatic carbocycles. The minimum Gasteiger partial charge on any atom is -0.466 e. The highest BCUT2D eigenvalue weighted by Gasteiger charge is 2.30. The SMILES string of the molecule is CCOC(=O)CCN1C[C@H](C(=O)OCC)CC[C@H]1C. The topological polar surface area (TPSA) is 55.8 Å². The highest BCUT2D eigenvalue weighted by atomic mass is 16.5. The van der Waals surface area contributed by atoms with Crippen LogP contribution < -0.4 is 0 Å². The largest absolute Gasteiger partial charge is 0.466 e. The molecule has 110 valence electrons. The van der Waals surface area contributed by atoms with Gasteiger partial charge in [0, 0.05) is 19.1 Å². The van der Waals surface area contributed by atoms with E-state index in [4.69, 9.17) is 9.47 Å². The smallest absolute Gasteiger partial charge is 0.310 e. The summed E-state index contributed by atoms with van der Waals surface area (Å²) in [6, 6.07) is 0.403. The van der Waals surface area contributed by atoms with Gasteiger partial charge < -0.3 is 9.47 Å². The standard InChI is InChI=1S/C14H25NO4/c1-4-18-13(16)8-9-15-10-12(7-6-11(15)3)14(17)19-5-2/h11-12H,4-10H2,1-3H3/t11-,12-/m1/s1. The second-order valence-electron chi connectivity index (χ2n) is 4.93. The van der Waals surface area contributed by atoms with E-state index in [1.165, 1.54) is 0 Å². The van der Waals surface area contributed by atoms with E-state index >= 15 is 0 Å². The molecular formula is C14H25NO4. The van der Waals surface area contributed by atoms with Crippen molar-refractivity contribution in [1.29, 1.82) is 0 Å². The quantitative estimate of drug-likeness (QED) is 0.687. The van der Waals surface area contributed by atoms with Crippen LogP contribution in [0.5, 0.6) is 0 Å². The van der Waals surface area contributed by atoms with E-state index in [1.54, 1.807) is 6.92 Å². The number of esters is 2. The lowest BCUT2D eigenvalue weighted by Crippen LogP contribution is -2.45. The number of hydrogen-bond donors (Lipinski definition) is 0. The maximum Gasteiger partial charge on any atom is 0.310 e. The van der Waals surface area contributed by atoms with Crippen LogP contribution in [0, 0.1) is 5.92 Å². The molecule has 0 aromatic rings. The first-order valence-electron chi connectivity index (χ1n) is 7.14. The normalized spacial score (nSPS) is 23.9. The fraction of sp³-hybridized carbons (Fsp3) is 0.857. The third kappa shape index (κ3) is 5.19. The molecule has 1 fully saturated rings. The van der Waals surface area contributed by atoms with E-state index in [2.05, 4.69) is 11.8 Å². The summed E-state index contributed by atoms with van der Waals surface area (Å²) in [5.74, 6) is -0.346. The Bertz CT molecular complexity index is 306. The summed E-state index contributed by atoms with van der Waals surface area (Å²) < 4.78 is 10.00. The summed E-state index contributed by atoms with van der Waals surface area (Å²) in [6.45, 7) is 7.93. The average Bonchev–Trinajstić information content (AvgIpc) is 2.38. The monoisotopic (exact) mass is 271 g/mol. The van der Waals surface area contributed by atoms with E-state index in [1.807, 2.05) is 6.92 Å². The molecule has 0 aliphatic carbocycles. The molecule has 1 saturated heterocycles. The van der Waals surface area contributed by atoms with E-state index in [0.717, 1.165) is 12.8 Å². The van der Waals surface area contributed by atoms with Crippen LogP contribution in [-0.4, -0.2) is 49.2 Å². The molecule has 1 aliphatic rings. The van der Waals surface area contributed by atoms with Gasteiger partial charge in [-0.15, -0.1) is 0 Å². The molecular weight excluding hydrogens is 246 g/mol. The minimum atomic E-state index is -0.173. The molecule has 0 aromatic heterocycles.